The Bertz CT molecular complexity index is 743. The number of ether oxygens (including phenoxy) is 1. The minimum absolute atomic E-state index is 0.00241. The minimum atomic E-state index is -0.603. The molecule has 2 rings (SSSR count). The number of phenols is 1. The van der Waals surface area contributed by atoms with E-state index in [-0.39, 0.29) is 24.5 Å². The Hall–Kier alpha value is -2.70. The number of nitrogens with one attached hydrogen (secondary N) is 1. The Morgan fingerprint density at radius 1 is 1.23 bits per heavy atom. The maximum Gasteiger partial charge on any atom is 0.325 e. The number of hydrogen-bond acceptors (Lipinski definition) is 6. The van der Waals surface area contributed by atoms with Crippen LogP contribution in [0, 0.1) is 13.8 Å². The van der Waals surface area contributed by atoms with Gasteiger partial charge in [-0.1, -0.05) is 0 Å². The molecule has 116 valence electrons. The standard InChI is InChI=1S/C15H17N3O4/c1-4-22-12(20)7-16-15(21)13-11(19)6-5-10-14(13)18-9(3)8(2)17-10/h5-6,19H,4,7H2,1-3H3,(H,16,21). The summed E-state index contributed by atoms with van der Waals surface area (Å²) in [5.41, 5.74) is 2.21. The van der Waals surface area contributed by atoms with Gasteiger partial charge in [-0.05, 0) is 32.9 Å². The molecule has 2 aromatic rings. The maximum atomic E-state index is 12.2. The summed E-state index contributed by atoms with van der Waals surface area (Å²) in [7, 11) is 0. The summed E-state index contributed by atoms with van der Waals surface area (Å²) in [5, 5.41) is 12.4. The Labute approximate surface area is 127 Å². The molecule has 0 aliphatic carbocycles. The predicted octanol–water partition coefficient (Wildman–Crippen LogP) is 1.25. The summed E-state index contributed by atoms with van der Waals surface area (Å²) < 4.78 is 4.74. The van der Waals surface area contributed by atoms with E-state index < -0.39 is 11.9 Å². The lowest BCUT2D eigenvalue weighted by Gasteiger charge is -2.10. The van der Waals surface area contributed by atoms with E-state index in [1.165, 1.54) is 6.07 Å². The smallest absolute Gasteiger partial charge is 0.325 e. The summed E-state index contributed by atoms with van der Waals surface area (Å²) in [6.07, 6.45) is 0. The van der Waals surface area contributed by atoms with Crippen LogP contribution in [0.3, 0.4) is 0 Å². The number of aromatic nitrogens is 2. The highest BCUT2D eigenvalue weighted by atomic mass is 16.5. The average Bonchev–Trinajstić information content (AvgIpc) is 2.47. The van der Waals surface area contributed by atoms with Crippen LogP contribution < -0.4 is 5.32 Å². The van der Waals surface area contributed by atoms with Gasteiger partial charge >= 0.3 is 5.97 Å². The lowest BCUT2D eigenvalue weighted by Crippen LogP contribution is -2.31. The Balaban J connectivity index is 2.37. The molecular formula is C15H17N3O4. The number of hydrogen-bond donors (Lipinski definition) is 2. The first-order valence-corrected chi connectivity index (χ1v) is 6.84. The van der Waals surface area contributed by atoms with Gasteiger partial charge in [0.15, 0.2) is 0 Å². The van der Waals surface area contributed by atoms with Crippen LogP contribution in [0.2, 0.25) is 0 Å². The molecule has 0 aliphatic rings. The fourth-order valence-corrected chi connectivity index (χ4v) is 1.96. The molecule has 0 radical (unpaired) electrons. The summed E-state index contributed by atoms with van der Waals surface area (Å²) in [4.78, 5) is 32.2. The number of aryl methyl sites for hydroxylation is 2. The summed E-state index contributed by atoms with van der Waals surface area (Å²) >= 11 is 0. The van der Waals surface area contributed by atoms with Crippen LogP contribution in [0.5, 0.6) is 5.75 Å². The van der Waals surface area contributed by atoms with Crippen molar-refractivity contribution in [1.29, 1.82) is 0 Å². The molecule has 1 heterocycles. The van der Waals surface area contributed by atoms with Crippen molar-refractivity contribution in [2.75, 3.05) is 13.2 Å². The third-order valence-electron chi connectivity index (χ3n) is 3.15. The molecule has 0 fully saturated rings. The van der Waals surface area contributed by atoms with Crippen molar-refractivity contribution >= 4 is 22.9 Å². The van der Waals surface area contributed by atoms with Crippen molar-refractivity contribution in [3.05, 3.63) is 29.1 Å². The number of aromatic hydroxyl groups is 1. The van der Waals surface area contributed by atoms with Crippen molar-refractivity contribution in [1.82, 2.24) is 15.3 Å². The minimum Gasteiger partial charge on any atom is -0.507 e. The summed E-state index contributed by atoms with van der Waals surface area (Å²) in [6, 6.07) is 2.97. The number of amides is 1. The van der Waals surface area contributed by atoms with Crippen LogP contribution in [-0.2, 0) is 9.53 Å². The van der Waals surface area contributed by atoms with Crippen molar-refractivity contribution < 1.29 is 19.4 Å². The molecule has 0 unspecified atom stereocenters. The van der Waals surface area contributed by atoms with E-state index in [1.807, 2.05) is 6.92 Å². The second kappa shape index (κ2) is 6.38. The molecule has 22 heavy (non-hydrogen) atoms. The average molecular weight is 303 g/mol. The zero-order chi connectivity index (χ0) is 16.3. The predicted molar refractivity (Wildman–Crippen MR) is 79.6 cm³/mol. The van der Waals surface area contributed by atoms with Gasteiger partial charge in [-0.3, -0.25) is 9.59 Å². The maximum absolute atomic E-state index is 12.2. The van der Waals surface area contributed by atoms with Crippen molar-refractivity contribution in [2.24, 2.45) is 0 Å². The third kappa shape index (κ3) is 3.13. The van der Waals surface area contributed by atoms with Crippen LogP contribution in [0.15, 0.2) is 12.1 Å². The SMILES string of the molecule is CCOC(=O)CNC(=O)c1c(O)ccc2nc(C)c(C)nc12. The Morgan fingerprint density at radius 2 is 1.91 bits per heavy atom. The number of rotatable bonds is 4. The van der Waals surface area contributed by atoms with Crippen molar-refractivity contribution in [3.8, 4) is 5.75 Å². The quantitative estimate of drug-likeness (QED) is 0.824. The van der Waals surface area contributed by atoms with E-state index in [9.17, 15) is 14.7 Å². The molecule has 1 aromatic heterocycles. The van der Waals surface area contributed by atoms with E-state index in [1.54, 1.807) is 19.9 Å². The van der Waals surface area contributed by atoms with E-state index in [0.29, 0.717) is 16.7 Å². The van der Waals surface area contributed by atoms with Crippen molar-refractivity contribution in [3.63, 3.8) is 0 Å². The molecule has 0 spiro atoms. The molecule has 0 saturated carbocycles. The van der Waals surface area contributed by atoms with Gasteiger partial charge in [-0.15, -0.1) is 0 Å². The van der Waals surface area contributed by atoms with Gasteiger partial charge in [0.1, 0.15) is 23.4 Å². The highest BCUT2D eigenvalue weighted by molar-refractivity contribution is 6.07. The number of benzene rings is 1. The van der Waals surface area contributed by atoms with Crippen LogP contribution in [-0.4, -0.2) is 40.1 Å². The Kier molecular flexibility index (Phi) is 4.55. The summed E-state index contributed by atoms with van der Waals surface area (Å²) in [5.74, 6) is -1.37. The van der Waals surface area contributed by atoms with E-state index in [2.05, 4.69) is 15.3 Å². The third-order valence-corrected chi connectivity index (χ3v) is 3.15. The van der Waals surface area contributed by atoms with Gasteiger partial charge in [0.2, 0.25) is 0 Å². The Morgan fingerprint density at radius 3 is 2.59 bits per heavy atom. The van der Waals surface area contributed by atoms with Gasteiger partial charge in [0.25, 0.3) is 5.91 Å². The second-order valence-corrected chi connectivity index (χ2v) is 4.71. The molecule has 7 nitrogen and oxygen atoms in total. The highest BCUT2D eigenvalue weighted by Crippen LogP contribution is 2.25. The monoisotopic (exact) mass is 303 g/mol. The lowest BCUT2D eigenvalue weighted by molar-refractivity contribution is -0.141. The molecular weight excluding hydrogens is 286 g/mol. The van der Waals surface area contributed by atoms with Gasteiger partial charge < -0.3 is 15.2 Å². The van der Waals surface area contributed by atoms with E-state index >= 15 is 0 Å². The van der Waals surface area contributed by atoms with Crippen LogP contribution in [0.4, 0.5) is 0 Å². The molecule has 0 atom stereocenters. The largest absolute Gasteiger partial charge is 0.507 e. The lowest BCUT2D eigenvalue weighted by atomic mass is 10.1. The normalized spacial score (nSPS) is 10.5. The molecule has 1 amide bonds. The number of nitrogens with zero attached hydrogens (tertiary/aromatic N) is 2. The second-order valence-electron chi connectivity index (χ2n) is 4.71. The molecule has 7 heteroatoms. The van der Waals surface area contributed by atoms with Crippen LogP contribution in [0.25, 0.3) is 11.0 Å². The zero-order valence-electron chi connectivity index (χ0n) is 12.6. The zero-order valence-corrected chi connectivity index (χ0v) is 12.6. The molecule has 0 saturated heterocycles. The molecule has 1 aromatic carbocycles. The van der Waals surface area contributed by atoms with E-state index in [4.69, 9.17) is 4.74 Å². The molecule has 2 N–H and O–H groups in total. The number of phenolic OH excluding ortho intramolecular Hbond substituents is 1. The van der Waals surface area contributed by atoms with Gasteiger partial charge in [0.05, 0.1) is 23.5 Å². The van der Waals surface area contributed by atoms with Gasteiger partial charge in [-0.25, -0.2) is 9.97 Å². The first-order chi connectivity index (χ1) is 10.4. The fourth-order valence-electron chi connectivity index (χ4n) is 1.96. The summed E-state index contributed by atoms with van der Waals surface area (Å²) in [6.45, 7) is 5.22. The fraction of sp³-hybridized carbons (Fsp3) is 0.333. The topological polar surface area (TPSA) is 101 Å². The number of esters is 1. The van der Waals surface area contributed by atoms with Crippen LogP contribution in [0.1, 0.15) is 28.7 Å². The van der Waals surface area contributed by atoms with Crippen LogP contribution >= 0.6 is 0 Å². The van der Waals surface area contributed by atoms with E-state index in [0.717, 1.165) is 5.69 Å². The van der Waals surface area contributed by atoms with Gasteiger partial charge in [0, 0.05) is 0 Å². The first kappa shape index (κ1) is 15.7. The molecule has 0 aliphatic heterocycles. The first-order valence-electron chi connectivity index (χ1n) is 6.84. The molecule has 0 bridgehead atoms. The number of carbonyl (C=O) groups is 2. The van der Waals surface area contributed by atoms with Crippen molar-refractivity contribution in [2.45, 2.75) is 20.8 Å². The highest BCUT2D eigenvalue weighted by Gasteiger charge is 2.18. The number of carbonyl (C=O) groups excluding carboxylic acids is 2. The van der Waals surface area contributed by atoms with Gasteiger partial charge in [-0.2, -0.15) is 0 Å². The number of fused-ring (bicyclic) bond motifs is 1.